The Balaban J connectivity index is 2.65. The minimum atomic E-state index is -0.633. The molecule has 4 nitrogen and oxygen atoms in total. The molecule has 0 spiro atoms. The summed E-state index contributed by atoms with van der Waals surface area (Å²) < 4.78 is 6.28. The molecule has 0 fully saturated rings. The van der Waals surface area contributed by atoms with Crippen molar-refractivity contribution in [3.8, 4) is 5.75 Å². The van der Waals surface area contributed by atoms with Crippen LogP contribution in [0.5, 0.6) is 5.75 Å². The summed E-state index contributed by atoms with van der Waals surface area (Å²) >= 11 is 3.33. The van der Waals surface area contributed by atoms with Gasteiger partial charge in [0.1, 0.15) is 5.75 Å². The number of ether oxygens (including phenoxy) is 1. The Morgan fingerprint density at radius 1 is 1.56 bits per heavy atom. The molecule has 5 heteroatoms. The van der Waals surface area contributed by atoms with Gasteiger partial charge in [-0.05, 0) is 25.5 Å². The SMILES string of the molecule is CCCNC(=O)COc1cc(Br)ccc1C(C)O. The van der Waals surface area contributed by atoms with E-state index in [2.05, 4.69) is 21.2 Å². The maximum Gasteiger partial charge on any atom is 0.257 e. The maximum atomic E-state index is 11.4. The third-order valence-electron chi connectivity index (χ3n) is 2.36. The van der Waals surface area contributed by atoms with Gasteiger partial charge in [0.15, 0.2) is 6.61 Å². The number of aliphatic hydroxyl groups is 1. The minimum Gasteiger partial charge on any atom is -0.483 e. The summed E-state index contributed by atoms with van der Waals surface area (Å²) in [6.45, 7) is 4.24. The van der Waals surface area contributed by atoms with E-state index < -0.39 is 6.10 Å². The number of carbonyl (C=O) groups is 1. The summed E-state index contributed by atoms with van der Waals surface area (Å²) in [4.78, 5) is 11.4. The van der Waals surface area contributed by atoms with Crippen molar-refractivity contribution in [3.05, 3.63) is 28.2 Å². The molecule has 1 aromatic carbocycles. The second-order valence-corrected chi connectivity index (χ2v) is 4.91. The Morgan fingerprint density at radius 2 is 2.28 bits per heavy atom. The zero-order chi connectivity index (χ0) is 13.5. The Labute approximate surface area is 115 Å². The van der Waals surface area contributed by atoms with Crippen molar-refractivity contribution in [2.75, 3.05) is 13.2 Å². The summed E-state index contributed by atoms with van der Waals surface area (Å²) in [5, 5.41) is 12.3. The van der Waals surface area contributed by atoms with Crippen molar-refractivity contribution >= 4 is 21.8 Å². The number of benzene rings is 1. The van der Waals surface area contributed by atoms with Gasteiger partial charge in [-0.15, -0.1) is 0 Å². The van der Waals surface area contributed by atoms with Gasteiger partial charge in [0, 0.05) is 16.6 Å². The fourth-order valence-electron chi connectivity index (χ4n) is 1.44. The molecular formula is C13H18BrNO3. The van der Waals surface area contributed by atoms with E-state index >= 15 is 0 Å². The third-order valence-corrected chi connectivity index (χ3v) is 2.85. The lowest BCUT2D eigenvalue weighted by Crippen LogP contribution is -2.29. The van der Waals surface area contributed by atoms with E-state index in [4.69, 9.17) is 4.74 Å². The lowest BCUT2D eigenvalue weighted by atomic mass is 10.1. The van der Waals surface area contributed by atoms with Crippen molar-refractivity contribution in [2.45, 2.75) is 26.4 Å². The Morgan fingerprint density at radius 3 is 2.89 bits per heavy atom. The lowest BCUT2D eigenvalue weighted by Gasteiger charge is -2.13. The van der Waals surface area contributed by atoms with E-state index in [9.17, 15) is 9.90 Å². The molecule has 0 aliphatic carbocycles. The van der Waals surface area contributed by atoms with Gasteiger partial charge in [0.2, 0.25) is 0 Å². The number of hydrogen-bond acceptors (Lipinski definition) is 3. The molecule has 1 aromatic rings. The van der Waals surface area contributed by atoms with E-state index in [0.29, 0.717) is 17.9 Å². The predicted molar refractivity (Wildman–Crippen MR) is 73.6 cm³/mol. The van der Waals surface area contributed by atoms with Gasteiger partial charge < -0.3 is 15.2 Å². The molecule has 0 radical (unpaired) electrons. The van der Waals surface area contributed by atoms with Crippen LogP contribution in [0.15, 0.2) is 22.7 Å². The Hall–Kier alpha value is -1.07. The van der Waals surface area contributed by atoms with E-state index in [0.717, 1.165) is 10.9 Å². The molecule has 0 aliphatic heterocycles. The fraction of sp³-hybridized carbons (Fsp3) is 0.462. The molecule has 0 saturated carbocycles. The highest BCUT2D eigenvalue weighted by molar-refractivity contribution is 9.10. The van der Waals surface area contributed by atoms with Crippen molar-refractivity contribution < 1.29 is 14.6 Å². The van der Waals surface area contributed by atoms with Gasteiger partial charge in [-0.1, -0.05) is 28.9 Å². The first kappa shape index (κ1) is 15.0. The van der Waals surface area contributed by atoms with Crippen LogP contribution in [0.4, 0.5) is 0 Å². The number of carbonyl (C=O) groups excluding carboxylic acids is 1. The number of rotatable bonds is 6. The normalized spacial score (nSPS) is 12.0. The largest absolute Gasteiger partial charge is 0.483 e. The van der Waals surface area contributed by atoms with Crippen LogP contribution in [0.25, 0.3) is 0 Å². The Bertz CT molecular complexity index is 407. The van der Waals surface area contributed by atoms with Crippen LogP contribution in [0.2, 0.25) is 0 Å². The number of aliphatic hydroxyl groups excluding tert-OH is 1. The predicted octanol–water partition coefficient (Wildman–Crippen LogP) is 2.41. The molecule has 2 N–H and O–H groups in total. The molecule has 18 heavy (non-hydrogen) atoms. The zero-order valence-electron chi connectivity index (χ0n) is 10.6. The average Bonchev–Trinajstić information content (AvgIpc) is 2.33. The number of halogens is 1. The molecular weight excluding hydrogens is 298 g/mol. The molecule has 0 bridgehead atoms. The number of hydrogen-bond donors (Lipinski definition) is 2. The van der Waals surface area contributed by atoms with Crippen molar-refractivity contribution in [2.24, 2.45) is 0 Å². The quantitative estimate of drug-likeness (QED) is 0.847. The fourth-order valence-corrected chi connectivity index (χ4v) is 1.78. The molecule has 0 heterocycles. The first-order chi connectivity index (χ1) is 8.54. The maximum absolute atomic E-state index is 11.4. The van der Waals surface area contributed by atoms with E-state index in [1.54, 1.807) is 19.1 Å². The van der Waals surface area contributed by atoms with Crippen molar-refractivity contribution in [1.29, 1.82) is 0 Å². The summed E-state index contributed by atoms with van der Waals surface area (Å²) in [6, 6.07) is 5.34. The highest BCUT2D eigenvalue weighted by atomic mass is 79.9. The van der Waals surface area contributed by atoms with Crippen LogP contribution in [-0.4, -0.2) is 24.2 Å². The zero-order valence-corrected chi connectivity index (χ0v) is 12.2. The smallest absolute Gasteiger partial charge is 0.257 e. The summed E-state index contributed by atoms with van der Waals surface area (Å²) in [5.41, 5.74) is 0.668. The molecule has 0 aliphatic rings. The first-order valence-electron chi connectivity index (χ1n) is 5.91. The van der Waals surface area contributed by atoms with Gasteiger partial charge >= 0.3 is 0 Å². The monoisotopic (exact) mass is 315 g/mol. The highest BCUT2D eigenvalue weighted by Crippen LogP contribution is 2.28. The molecule has 0 aromatic heterocycles. The average molecular weight is 316 g/mol. The van der Waals surface area contributed by atoms with Crippen LogP contribution in [-0.2, 0) is 4.79 Å². The second kappa shape index (κ2) is 7.38. The molecule has 1 amide bonds. The minimum absolute atomic E-state index is 0.0455. The number of nitrogens with one attached hydrogen (secondary N) is 1. The lowest BCUT2D eigenvalue weighted by molar-refractivity contribution is -0.123. The summed E-state index contributed by atoms with van der Waals surface area (Å²) in [5.74, 6) is 0.361. The van der Waals surface area contributed by atoms with Crippen LogP contribution < -0.4 is 10.1 Å². The van der Waals surface area contributed by atoms with Gasteiger partial charge in [-0.25, -0.2) is 0 Å². The van der Waals surface area contributed by atoms with Crippen molar-refractivity contribution in [3.63, 3.8) is 0 Å². The second-order valence-electron chi connectivity index (χ2n) is 4.00. The standard InChI is InChI=1S/C13H18BrNO3/c1-3-6-15-13(17)8-18-12-7-10(14)4-5-11(12)9(2)16/h4-5,7,9,16H,3,6,8H2,1-2H3,(H,15,17). The molecule has 0 saturated heterocycles. The first-order valence-corrected chi connectivity index (χ1v) is 6.71. The van der Waals surface area contributed by atoms with Crippen LogP contribution in [0, 0.1) is 0 Å². The van der Waals surface area contributed by atoms with Gasteiger partial charge in [0.25, 0.3) is 5.91 Å². The van der Waals surface area contributed by atoms with E-state index in [1.165, 1.54) is 0 Å². The summed E-state index contributed by atoms with van der Waals surface area (Å²) in [6.07, 6.45) is 0.258. The van der Waals surface area contributed by atoms with Gasteiger partial charge in [0.05, 0.1) is 6.10 Å². The highest BCUT2D eigenvalue weighted by Gasteiger charge is 2.11. The molecule has 1 unspecified atom stereocenters. The van der Waals surface area contributed by atoms with E-state index in [1.807, 2.05) is 13.0 Å². The van der Waals surface area contributed by atoms with Crippen LogP contribution in [0.1, 0.15) is 31.9 Å². The molecule has 1 atom stereocenters. The summed E-state index contributed by atoms with van der Waals surface area (Å²) in [7, 11) is 0. The Kier molecular flexibility index (Phi) is 6.15. The van der Waals surface area contributed by atoms with Crippen LogP contribution in [0.3, 0.4) is 0 Å². The van der Waals surface area contributed by atoms with E-state index in [-0.39, 0.29) is 12.5 Å². The van der Waals surface area contributed by atoms with Gasteiger partial charge in [-0.3, -0.25) is 4.79 Å². The number of amides is 1. The third kappa shape index (κ3) is 4.66. The topological polar surface area (TPSA) is 58.6 Å². The van der Waals surface area contributed by atoms with Crippen molar-refractivity contribution in [1.82, 2.24) is 5.32 Å². The molecule has 1 rings (SSSR count). The van der Waals surface area contributed by atoms with Gasteiger partial charge in [-0.2, -0.15) is 0 Å². The molecule has 100 valence electrons. The van der Waals surface area contributed by atoms with Crippen LogP contribution >= 0.6 is 15.9 Å².